The molecule has 0 bridgehead atoms. The van der Waals surface area contributed by atoms with Gasteiger partial charge in [-0.25, -0.2) is 4.98 Å². The number of aromatic nitrogens is 2. The average molecular weight is 350 g/mol. The highest BCUT2D eigenvalue weighted by molar-refractivity contribution is 7.15. The molecule has 23 heavy (non-hydrogen) atoms. The second-order valence-electron chi connectivity index (χ2n) is 5.17. The maximum atomic E-state index is 12.4. The molecule has 0 unspecified atom stereocenters. The number of aliphatic hydroxyl groups is 1. The number of fused-ring (bicyclic) bond motifs is 1. The lowest BCUT2D eigenvalue weighted by Gasteiger charge is -2.13. The van der Waals surface area contributed by atoms with E-state index in [4.69, 9.17) is 11.6 Å². The number of hydrogen-bond donors (Lipinski definition) is 2. The maximum Gasteiger partial charge on any atom is 0.269 e. The van der Waals surface area contributed by atoms with Crippen LogP contribution in [0.15, 0.2) is 35.8 Å². The first-order chi connectivity index (χ1) is 11.1. The standard InChI is InChI=1S/C16H16ClN3O2S/c1-2-12(8-21)18-15(22)14-9-23-16-19-13(7-20(14)16)10-3-5-11(17)6-4-10/h3-7,9,12,21H,2,8H2,1H3,(H,18,22)/t12-/m0/s1. The van der Waals surface area contributed by atoms with Crippen molar-refractivity contribution in [2.24, 2.45) is 0 Å². The van der Waals surface area contributed by atoms with E-state index in [-0.39, 0.29) is 18.6 Å². The monoisotopic (exact) mass is 349 g/mol. The quantitative estimate of drug-likeness (QED) is 0.743. The summed E-state index contributed by atoms with van der Waals surface area (Å²) in [7, 11) is 0. The van der Waals surface area contributed by atoms with Crippen molar-refractivity contribution in [1.29, 1.82) is 0 Å². The number of carbonyl (C=O) groups is 1. The highest BCUT2D eigenvalue weighted by Gasteiger charge is 2.17. The summed E-state index contributed by atoms with van der Waals surface area (Å²) in [4.78, 5) is 17.6. The summed E-state index contributed by atoms with van der Waals surface area (Å²) in [5.41, 5.74) is 2.25. The molecule has 0 aliphatic heterocycles. The van der Waals surface area contributed by atoms with Crippen molar-refractivity contribution >= 4 is 33.8 Å². The van der Waals surface area contributed by atoms with Crippen LogP contribution in [0.2, 0.25) is 5.02 Å². The van der Waals surface area contributed by atoms with Gasteiger partial charge in [-0.1, -0.05) is 30.7 Å². The summed E-state index contributed by atoms with van der Waals surface area (Å²) in [6, 6.07) is 7.17. The van der Waals surface area contributed by atoms with E-state index in [0.717, 1.165) is 16.2 Å². The molecule has 1 aromatic carbocycles. The molecule has 7 heteroatoms. The Morgan fingerprint density at radius 2 is 2.17 bits per heavy atom. The van der Waals surface area contributed by atoms with Crippen LogP contribution in [0.25, 0.3) is 16.2 Å². The Hall–Kier alpha value is -1.89. The van der Waals surface area contributed by atoms with E-state index in [9.17, 15) is 9.90 Å². The third kappa shape index (κ3) is 3.24. The van der Waals surface area contributed by atoms with Gasteiger partial charge >= 0.3 is 0 Å². The van der Waals surface area contributed by atoms with Crippen molar-refractivity contribution in [3.63, 3.8) is 0 Å². The van der Waals surface area contributed by atoms with Crippen LogP contribution in [0.3, 0.4) is 0 Å². The van der Waals surface area contributed by atoms with E-state index >= 15 is 0 Å². The maximum absolute atomic E-state index is 12.4. The molecular weight excluding hydrogens is 334 g/mol. The molecule has 2 heterocycles. The van der Waals surface area contributed by atoms with Gasteiger partial charge in [-0.05, 0) is 18.6 Å². The Balaban J connectivity index is 1.91. The van der Waals surface area contributed by atoms with Gasteiger partial charge in [-0.3, -0.25) is 9.20 Å². The van der Waals surface area contributed by atoms with Crippen molar-refractivity contribution in [3.05, 3.63) is 46.6 Å². The topological polar surface area (TPSA) is 66.6 Å². The second-order valence-corrected chi connectivity index (χ2v) is 6.44. The number of rotatable bonds is 5. The first-order valence-corrected chi connectivity index (χ1v) is 8.52. The normalized spacial score (nSPS) is 12.5. The van der Waals surface area contributed by atoms with Crippen molar-refractivity contribution in [1.82, 2.24) is 14.7 Å². The third-order valence-corrected chi connectivity index (χ3v) is 4.72. The van der Waals surface area contributed by atoms with Gasteiger partial charge < -0.3 is 10.4 Å². The zero-order chi connectivity index (χ0) is 16.4. The second kappa shape index (κ2) is 6.70. The van der Waals surface area contributed by atoms with Crippen LogP contribution in [0.5, 0.6) is 0 Å². The smallest absolute Gasteiger partial charge is 0.269 e. The number of halogens is 1. The summed E-state index contributed by atoms with van der Waals surface area (Å²) in [6.45, 7) is 1.84. The van der Waals surface area contributed by atoms with Crippen LogP contribution in [0, 0.1) is 0 Å². The van der Waals surface area contributed by atoms with E-state index in [0.29, 0.717) is 17.1 Å². The highest BCUT2D eigenvalue weighted by atomic mass is 35.5. The molecule has 0 aliphatic carbocycles. The fourth-order valence-corrected chi connectivity index (χ4v) is 3.22. The number of aliphatic hydroxyl groups excluding tert-OH is 1. The summed E-state index contributed by atoms with van der Waals surface area (Å²) < 4.78 is 1.77. The van der Waals surface area contributed by atoms with Crippen molar-refractivity contribution in [2.45, 2.75) is 19.4 Å². The van der Waals surface area contributed by atoms with Crippen LogP contribution >= 0.6 is 22.9 Å². The van der Waals surface area contributed by atoms with E-state index in [2.05, 4.69) is 10.3 Å². The Labute approximate surface area is 142 Å². The van der Waals surface area contributed by atoms with Gasteiger partial charge in [0, 0.05) is 22.2 Å². The number of benzene rings is 1. The molecule has 3 aromatic rings. The van der Waals surface area contributed by atoms with Gasteiger partial charge in [0.2, 0.25) is 0 Å². The summed E-state index contributed by atoms with van der Waals surface area (Å²) in [5, 5.41) is 14.5. The van der Waals surface area contributed by atoms with Gasteiger partial charge in [-0.15, -0.1) is 11.3 Å². The number of imidazole rings is 1. The van der Waals surface area contributed by atoms with Gasteiger partial charge in [-0.2, -0.15) is 0 Å². The molecule has 120 valence electrons. The summed E-state index contributed by atoms with van der Waals surface area (Å²) in [5.74, 6) is -0.211. The minimum Gasteiger partial charge on any atom is -0.394 e. The van der Waals surface area contributed by atoms with Crippen LogP contribution in [-0.2, 0) is 0 Å². The molecule has 0 radical (unpaired) electrons. The lowest BCUT2D eigenvalue weighted by Crippen LogP contribution is -2.37. The molecule has 1 atom stereocenters. The molecule has 0 saturated carbocycles. The SMILES string of the molecule is CC[C@@H](CO)NC(=O)c1csc2nc(-c3ccc(Cl)cc3)cn12. The van der Waals surface area contributed by atoms with Gasteiger partial charge in [0.25, 0.3) is 5.91 Å². The van der Waals surface area contributed by atoms with Crippen LogP contribution < -0.4 is 5.32 Å². The number of nitrogens with zero attached hydrogens (tertiary/aromatic N) is 2. The van der Waals surface area contributed by atoms with Crippen LogP contribution in [0.1, 0.15) is 23.8 Å². The number of nitrogens with one attached hydrogen (secondary N) is 1. The first-order valence-electron chi connectivity index (χ1n) is 7.26. The van der Waals surface area contributed by atoms with Gasteiger partial charge in [0.15, 0.2) is 4.96 Å². The van der Waals surface area contributed by atoms with E-state index in [1.807, 2.05) is 37.4 Å². The van der Waals surface area contributed by atoms with Gasteiger partial charge in [0.05, 0.1) is 18.3 Å². The van der Waals surface area contributed by atoms with Crippen LogP contribution in [-0.4, -0.2) is 33.0 Å². The molecule has 3 rings (SSSR count). The zero-order valence-corrected chi connectivity index (χ0v) is 14.1. The zero-order valence-electron chi connectivity index (χ0n) is 12.5. The highest BCUT2D eigenvalue weighted by Crippen LogP contribution is 2.24. The molecular formula is C16H16ClN3O2S. The summed E-state index contributed by atoms with van der Waals surface area (Å²) in [6.07, 6.45) is 2.51. The van der Waals surface area contributed by atoms with Crippen LogP contribution in [0.4, 0.5) is 0 Å². The number of amides is 1. The lowest BCUT2D eigenvalue weighted by atomic mass is 10.2. The van der Waals surface area contributed by atoms with E-state index in [1.54, 1.807) is 9.78 Å². The molecule has 2 aromatic heterocycles. The van der Waals surface area contributed by atoms with E-state index in [1.165, 1.54) is 11.3 Å². The molecule has 0 saturated heterocycles. The average Bonchev–Trinajstić information content (AvgIpc) is 3.13. The number of carbonyl (C=O) groups excluding carboxylic acids is 1. The van der Waals surface area contributed by atoms with E-state index < -0.39 is 0 Å². The number of thiazole rings is 1. The Morgan fingerprint density at radius 1 is 1.43 bits per heavy atom. The summed E-state index contributed by atoms with van der Waals surface area (Å²) >= 11 is 7.31. The Morgan fingerprint density at radius 3 is 2.83 bits per heavy atom. The minimum atomic E-state index is -0.239. The molecule has 2 N–H and O–H groups in total. The first kappa shape index (κ1) is 16.0. The largest absolute Gasteiger partial charge is 0.394 e. The Bertz CT molecular complexity index is 822. The fraction of sp³-hybridized carbons (Fsp3) is 0.250. The number of hydrogen-bond acceptors (Lipinski definition) is 4. The minimum absolute atomic E-state index is 0.0739. The fourth-order valence-electron chi connectivity index (χ4n) is 2.24. The molecule has 0 spiro atoms. The predicted molar refractivity (Wildman–Crippen MR) is 92.1 cm³/mol. The molecule has 0 fully saturated rings. The molecule has 5 nitrogen and oxygen atoms in total. The van der Waals surface area contributed by atoms with Crippen molar-refractivity contribution in [2.75, 3.05) is 6.61 Å². The third-order valence-electron chi connectivity index (χ3n) is 3.63. The van der Waals surface area contributed by atoms with Crippen molar-refractivity contribution < 1.29 is 9.90 Å². The lowest BCUT2D eigenvalue weighted by molar-refractivity contribution is 0.0909. The Kier molecular flexibility index (Phi) is 4.66. The van der Waals surface area contributed by atoms with Gasteiger partial charge in [0.1, 0.15) is 5.69 Å². The van der Waals surface area contributed by atoms with Crippen molar-refractivity contribution in [3.8, 4) is 11.3 Å². The molecule has 0 aliphatic rings. The molecule has 1 amide bonds. The predicted octanol–water partition coefficient (Wildman–Crippen LogP) is 3.22.